The lowest BCUT2D eigenvalue weighted by atomic mass is 10.2. The quantitative estimate of drug-likeness (QED) is 0.761. The predicted molar refractivity (Wildman–Crippen MR) is 92.0 cm³/mol. The van der Waals surface area contributed by atoms with Gasteiger partial charge in [0.1, 0.15) is 17.7 Å². The molecule has 0 saturated heterocycles. The maximum Gasteiger partial charge on any atom is 0.322 e. The first kappa shape index (κ1) is 16.0. The van der Waals surface area contributed by atoms with Crippen molar-refractivity contribution in [3.63, 3.8) is 0 Å². The molecule has 1 aliphatic rings. The Bertz CT molecular complexity index is 927. The first-order valence-electron chi connectivity index (χ1n) is 7.94. The highest BCUT2D eigenvalue weighted by Gasteiger charge is 2.33. The van der Waals surface area contributed by atoms with E-state index in [-0.39, 0.29) is 0 Å². The fourth-order valence-corrected chi connectivity index (χ4v) is 4.13. The number of thiophene rings is 1. The molecule has 1 atom stereocenters. The molecule has 0 aliphatic carbocycles. The van der Waals surface area contributed by atoms with Crippen molar-refractivity contribution >= 4 is 17.3 Å². The molecule has 0 fully saturated rings. The van der Waals surface area contributed by atoms with Crippen LogP contribution in [0.25, 0.3) is 10.4 Å². The Morgan fingerprint density at radius 3 is 2.96 bits per heavy atom. The van der Waals surface area contributed by atoms with Crippen LogP contribution in [0.2, 0.25) is 0 Å². The molecular formula is C16H18N6O2S. The third-order valence-corrected chi connectivity index (χ3v) is 5.57. The van der Waals surface area contributed by atoms with E-state index in [2.05, 4.69) is 27.4 Å². The minimum absolute atomic E-state index is 0.379. The molecule has 4 rings (SSSR count). The van der Waals surface area contributed by atoms with E-state index in [1.54, 1.807) is 16.0 Å². The van der Waals surface area contributed by atoms with Crippen LogP contribution in [0, 0.1) is 6.92 Å². The van der Waals surface area contributed by atoms with Crippen LogP contribution in [-0.2, 0) is 31.5 Å². The molecule has 0 aromatic carbocycles. The molecule has 3 aromatic rings. The minimum atomic E-state index is -0.817. The highest BCUT2D eigenvalue weighted by atomic mass is 32.1. The molecule has 1 unspecified atom stereocenters. The number of hydrogen-bond donors (Lipinski definition) is 1. The highest BCUT2D eigenvalue weighted by Crippen LogP contribution is 2.30. The van der Waals surface area contributed by atoms with E-state index in [0.29, 0.717) is 19.6 Å². The summed E-state index contributed by atoms with van der Waals surface area (Å²) in [5, 5.41) is 22.1. The summed E-state index contributed by atoms with van der Waals surface area (Å²) in [5.41, 5.74) is 1.07. The minimum Gasteiger partial charge on any atom is -0.480 e. The standard InChI is InChI=1S/C16H18N6O2S/c1-10-18-19-15-9-21(13(16(23)24)8-22(10)15)7-12-3-4-14(25-12)11-5-17-20(2)6-11/h3-6,13H,7-9H2,1-2H3,(H,23,24). The van der Waals surface area contributed by atoms with E-state index in [4.69, 9.17) is 0 Å². The Kier molecular flexibility index (Phi) is 3.89. The average molecular weight is 358 g/mol. The molecule has 4 heterocycles. The number of aromatic nitrogens is 5. The van der Waals surface area contributed by atoms with Gasteiger partial charge in [0, 0.05) is 35.1 Å². The molecule has 1 aliphatic heterocycles. The smallest absolute Gasteiger partial charge is 0.322 e. The molecule has 0 amide bonds. The van der Waals surface area contributed by atoms with E-state index >= 15 is 0 Å². The van der Waals surface area contributed by atoms with Gasteiger partial charge in [0.25, 0.3) is 0 Å². The van der Waals surface area contributed by atoms with E-state index < -0.39 is 12.0 Å². The van der Waals surface area contributed by atoms with Crippen LogP contribution in [0.1, 0.15) is 16.5 Å². The lowest BCUT2D eigenvalue weighted by Gasteiger charge is -2.33. The Morgan fingerprint density at radius 1 is 1.40 bits per heavy atom. The second kappa shape index (κ2) is 6.08. The number of carboxylic acids is 1. The summed E-state index contributed by atoms with van der Waals surface area (Å²) in [5.74, 6) is 0.762. The molecular weight excluding hydrogens is 340 g/mol. The normalized spacial score (nSPS) is 17.6. The first-order chi connectivity index (χ1) is 12.0. The Labute approximate surface area is 148 Å². The van der Waals surface area contributed by atoms with Crippen molar-refractivity contribution in [3.8, 4) is 10.4 Å². The van der Waals surface area contributed by atoms with Crippen LogP contribution in [0.5, 0.6) is 0 Å². The number of carbonyl (C=O) groups is 1. The summed E-state index contributed by atoms with van der Waals surface area (Å²) in [6.45, 7) is 3.29. The van der Waals surface area contributed by atoms with E-state index in [0.717, 1.165) is 27.0 Å². The van der Waals surface area contributed by atoms with Gasteiger partial charge in [0.15, 0.2) is 0 Å². The van der Waals surface area contributed by atoms with Crippen LogP contribution in [0.3, 0.4) is 0 Å². The molecule has 0 bridgehead atoms. The van der Waals surface area contributed by atoms with Gasteiger partial charge in [-0.25, -0.2) is 0 Å². The van der Waals surface area contributed by atoms with E-state index in [1.807, 2.05) is 35.8 Å². The van der Waals surface area contributed by atoms with E-state index in [9.17, 15) is 9.90 Å². The SMILES string of the molecule is Cc1nnc2n1CC(C(=O)O)N(Cc1ccc(-c3cnn(C)c3)s1)C2. The first-order valence-corrected chi connectivity index (χ1v) is 8.76. The zero-order valence-electron chi connectivity index (χ0n) is 14.0. The van der Waals surface area contributed by atoms with Gasteiger partial charge >= 0.3 is 5.97 Å². The van der Waals surface area contributed by atoms with Crippen LogP contribution in [-0.4, -0.2) is 46.6 Å². The summed E-state index contributed by atoms with van der Waals surface area (Å²) in [7, 11) is 1.89. The largest absolute Gasteiger partial charge is 0.480 e. The van der Waals surface area contributed by atoms with Crippen molar-refractivity contribution in [2.75, 3.05) is 0 Å². The molecule has 0 saturated carbocycles. The summed E-state index contributed by atoms with van der Waals surface area (Å²) >= 11 is 1.66. The lowest BCUT2D eigenvalue weighted by molar-refractivity contribution is -0.145. The molecule has 1 N–H and O–H groups in total. The third-order valence-electron chi connectivity index (χ3n) is 4.45. The van der Waals surface area contributed by atoms with Crippen LogP contribution in [0.4, 0.5) is 0 Å². The Hall–Kier alpha value is -2.52. The van der Waals surface area contributed by atoms with Gasteiger partial charge in [-0.2, -0.15) is 5.10 Å². The number of aryl methyl sites for hydroxylation is 2. The monoisotopic (exact) mass is 358 g/mol. The van der Waals surface area contributed by atoms with Gasteiger partial charge in [-0.1, -0.05) is 0 Å². The van der Waals surface area contributed by atoms with Gasteiger partial charge in [-0.3, -0.25) is 14.4 Å². The average Bonchev–Trinajstić information content (AvgIpc) is 3.28. The zero-order valence-corrected chi connectivity index (χ0v) is 14.8. The number of aliphatic carboxylic acids is 1. The van der Waals surface area contributed by atoms with Gasteiger partial charge in [-0.05, 0) is 19.1 Å². The van der Waals surface area contributed by atoms with Crippen LogP contribution in [0.15, 0.2) is 24.5 Å². The summed E-state index contributed by atoms with van der Waals surface area (Å²) in [6, 6.07) is 3.53. The fraction of sp³-hybridized carbons (Fsp3) is 0.375. The highest BCUT2D eigenvalue weighted by molar-refractivity contribution is 7.15. The maximum atomic E-state index is 11.7. The number of carboxylic acid groups (broad SMARTS) is 1. The summed E-state index contributed by atoms with van der Waals surface area (Å²) in [4.78, 5) is 15.9. The second-order valence-electron chi connectivity index (χ2n) is 6.20. The van der Waals surface area contributed by atoms with E-state index in [1.165, 1.54) is 0 Å². The number of rotatable bonds is 4. The van der Waals surface area contributed by atoms with Gasteiger partial charge in [0.05, 0.1) is 19.3 Å². The Morgan fingerprint density at radius 2 is 2.24 bits per heavy atom. The van der Waals surface area contributed by atoms with Crippen LogP contribution < -0.4 is 0 Å². The van der Waals surface area contributed by atoms with Gasteiger partial charge in [-0.15, -0.1) is 21.5 Å². The number of nitrogens with zero attached hydrogens (tertiary/aromatic N) is 6. The number of fused-ring (bicyclic) bond motifs is 1. The van der Waals surface area contributed by atoms with Crippen molar-refractivity contribution in [1.29, 1.82) is 0 Å². The lowest BCUT2D eigenvalue weighted by Crippen LogP contribution is -2.47. The molecule has 0 radical (unpaired) electrons. The topological polar surface area (TPSA) is 89.1 Å². The Balaban J connectivity index is 1.57. The van der Waals surface area contributed by atoms with Gasteiger partial charge < -0.3 is 9.67 Å². The van der Waals surface area contributed by atoms with Gasteiger partial charge in [0.2, 0.25) is 0 Å². The zero-order chi connectivity index (χ0) is 17.6. The molecule has 9 heteroatoms. The molecule has 0 spiro atoms. The fourth-order valence-electron chi connectivity index (χ4n) is 3.13. The summed E-state index contributed by atoms with van der Waals surface area (Å²) in [6.07, 6.45) is 3.81. The third kappa shape index (κ3) is 2.96. The second-order valence-corrected chi connectivity index (χ2v) is 7.37. The predicted octanol–water partition coefficient (Wildman–Crippen LogP) is 1.52. The molecule has 8 nitrogen and oxygen atoms in total. The van der Waals surface area contributed by atoms with Crippen molar-refractivity contribution in [3.05, 3.63) is 41.1 Å². The van der Waals surface area contributed by atoms with Crippen LogP contribution >= 0.6 is 11.3 Å². The molecule has 25 heavy (non-hydrogen) atoms. The van der Waals surface area contributed by atoms with Crippen molar-refractivity contribution < 1.29 is 9.90 Å². The van der Waals surface area contributed by atoms with Crippen molar-refractivity contribution in [2.24, 2.45) is 7.05 Å². The van der Waals surface area contributed by atoms with Crippen molar-refractivity contribution in [1.82, 2.24) is 29.4 Å². The van der Waals surface area contributed by atoms with Crippen molar-refractivity contribution in [2.45, 2.75) is 32.6 Å². The molecule has 130 valence electrons. The maximum absolute atomic E-state index is 11.7. The number of hydrogen-bond acceptors (Lipinski definition) is 6. The summed E-state index contributed by atoms with van der Waals surface area (Å²) < 4.78 is 3.67. The molecule has 3 aromatic heterocycles.